The van der Waals surface area contributed by atoms with E-state index in [-0.39, 0.29) is 22.7 Å². The molecule has 0 bridgehead atoms. The van der Waals surface area contributed by atoms with E-state index in [2.05, 4.69) is 10.7 Å². The summed E-state index contributed by atoms with van der Waals surface area (Å²) in [6.07, 6.45) is 5.68. The maximum atomic E-state index is 13.1. The second-order valence-corrected chi connectivity index (χ2v) is 11.7. The topological polar surface area (TPSA) is 87.7 Å². The van der Waals surface area contributed by atoms with Crippen molar-refractivity contribution in [3.8, 4) is 5.75 Å². The molecule has 0 atom stereocenters. The van der Waals surface area contributed by atoms with Gasteiger partial charge in [0.1, 0.15) is 5.75 Å². The molecule has 2 N–H and O–H groups in total. The van der Waals surface area contributed by atoms with Gasteiger partial charge in [-0.1, -0.05) is 41.6 Å². The SMILES string of the molecule is O=C(COc1ccccc1C=C1SC(=S)N(NC(=O)c2csc3c2CCCC3)C1=O)Nc1ccc(Cl)cc1. The highest BCUT2D eigenvalue weighted by Crippen LogP contribution is 2.34. The molecule has 1 fully saturated rings. The number of hydrogen-bond donors (Lipinski definition) is 2. The van der Waals surface area contributed by atoms with Crippen LogP contribution in [0.5, 0.6) is 5.75 Å². The number of hydrazine groups is 1. The summed E-state index contributed by atoms with van der Waals surface area (Å²) >= 11 is 14.0. The molecule has 194 valence electrons. The van der Waals surface area contributed by atoms with Crippen LogP contribution in [0.2, 0.25) is 5.02 Å². The van der Waals surface area contributed by atoms with Gasteiger partial charge in [0.15, 0.2) is 10.9 Å². The maximum absolute atomic E-state index is 13.1. The van der Waals surface area contributed by atoms with Crippen LogP contribution in [0.15, 0.2) is 58.8 Å². The Kier molecular flexibility index (Phi) is 8.13. The van der Waals surface area contributed by atoms with Crippen molar-refractivity contribution in [2.75, 3.05) is 11.9 Å². The van der Waals surface area contributed by atoms with Crippen LogP contribution < -0.4 is 15.5 Å². The van der Waals surface area contributed by atoms with E-state index in [0.29, 0.717) is 32.5 Å². The average molecular weight is 584 g/mol. The number of halogens is 1. The van der Waals surface area contributed by atoms with Crippen LogP contribution in [0.1, 0.15) is 39.2 Å². The largest absolute Gasteiger partial charge is 0.483 e. The minimum atomic E-state index is -0.423. The summed E-state index contributed by atoms with van der Waals surface area (Å²) in [4.78, 5) is 40.1. The molecule has 38 heavy (non-hydrogen) atoms. The number of rotatable bonds is 7. The number of aryl methyl sites for hydroxylation is 1. The molecule has 7 nitrogen and oxygen atoms in total. The zero-order valence-corrected chi connectivity index (χ0v) is 23.2. The Morgan fingerprint density at radius 1 is 1.11 bits per heavy atom. The molecule has 2 heterocycles. The smallest absolute Gasteiger partial charge is 0.285 e. The van der Waals surface area contributed by atoms with Crippen molar-refractivity contribution in [1.82, 2.24) is 10.4 Å². The summed E-state index contributed by atoms with van der Waals surface area (Å²) < 4.78 is 5.98. The Bertz CT molecular complexity index is 1450. The number of thiophene rings is 1. The van der Waals surface area contributed by atoms with E-state index in [4.69, 9.17) is 28.6 Å². The van der Waals surface area contributed by atoms with Crippen LogP contribution in [0.25, 0.3) is 6.08 Å². The first-order valence-corrected chi connectivity index (χ1v) is 14.3. The zero-order chi connectivity index (χ0) is 26.6. The number of thiocarbonyl (C=S) groups is 1. The molecular formula is C27H22ClN3O4S3. The Labute approximate surface area is 238 Å². The highest BCUT2D eigenvalue weighted by atomic mass is 35.5. The van der Waals surface area contributed by atoms with E-state index in [1.54, 1.807) is 65.9 Å². The minimum absolute atomic E-state index is 0.227. The average Bonchev–Trinajstić information content (AvgIpc) is 3.46. The number of nitrogens with zero attached hydrogens (tertiary/aromatic N) is 1. The Morgan fingerprint density at radius 3 is 2.68 bits per heavy atom. The summed E-state index contributed by atoms with van der Waals surface area (Å²) in [6, 6.07) is 13.8. The lowest BCUT2D eigenvalue weighted by molar-refractivity contribution is -0.123. The van der Waals surface area contributed by atoms with Crippen molar-refractivity contribution in [3.05, 3.63) is 85.4 Å². The van der Waals surface area contributed by atoms with Gasteiger partial charge in [0.05, 0.1) is 10.5 Å². The van der Waals surface area contributed by atoms with Gasteiger partial charge in [-0.25, -0.2) is 0 Å². The molecule has 0 saturated carbocycles. The highest BCUT2D eigenvalue weighted by Gasteiger charge is 2.34. The summed E-state index contributed by atoms with van der Waals surface area (Å²) in [5.74, 6) is -0.671. The Balaban J connectivity index is 1.25. The molecule has 2 aliphatic rings. The molecule has 3 aromatic rings. The molecule has 2 aromatic carbocycles. The number of thioether (sulfide) groups is 1. The number of benzene rings is 2. The normalized spacial score (nSPS) is 15.9. The van der Waals surface area contributed by atoms with Gasteiger partial charge in [0.2, 0.25) is 0 Å². The molecule has 0 unspecified atom stereocenters. The van der Waals surface area contributed by atoms with Crippen molar-refractivity contribution in [3.63, 3.8) is 0 Å². The number of carbonyl (C=O) groups is 3. The van der Waals surface area contributed by atoms with E-state index < -0.39 is 5.91 Å². The fourth-order valence-corrected chi connectivity index (χ4v) is 6.58. The monoisotopic (exact) mass is 583 g/mol. The molecule has 1 aliphatic carbocycles. The maximum Gasteiger partial charge on any atom is 0.285 e. The number of nitrogens with one attached hydrogen (secondary N) is 2. The number of fused-ring (bicyclic) bond motifs is 1. The molecule has 0 spiro atoms. The van der Waals surface area contributed by atoms with Crippen molar-refractivity contribution in [1.29, 1.82) is 0 Å². The molecule has 3 amide bonds. The summed E-state index contributed by atoms with van der Waals surface area (Å²) in [7, 11) is 0. The number of amides is 3. The van der Waals surface area contributed by atoms with Crippen LogP contribution in [-0.2, 0) is 22.4 Å². The number of ether oxygens (including phenoxy) is 1. The molecule has 5 rings (SSSR count). The van der Waals surface area contributed by atoms with Crippen molar-refractivity contribution in [2.45, 2.75) is 25.7 Å². The lowest BCUT2D eigenvalue weighted by Crippen LogP contribution is -2.45. The van der Waals surface area contributed by atoms with E-state index >= 15 is 0 Å². The van der Waals surface area contributed by atoms with E-state index in [1.807, 2.05) is 5.38 Å². The first-order valence-electron chi connectivity index (χ1n) is 11.8. The standard InChI is InChI=1S/C27H22ClN3O4S3/c28-17-9-11-18(12-10-17)29-24(32)14-35-21-7-3-1-5-16(21)13-23-26(34)31(27(36)38-23)30-25(33)20-15-37-22-8-4-2-6-19(20)22/h1,3,5,7,9-13,15H,2,4,6,8,14H2,(H,29,32)(H,30,33). The van der Waals surface area contributed by atoms with Gasteiger partial charge in [0, 0.05) is 26.5 Å². The number of carbonyl (C=O) groups excluding carboxylic acids is 3. The number of para-hydroxylation sites is 1. The first kappa shape index (κ1) is 26.4. The molecule has 1 saturated heterocycles. The third-order valence-corrected chi connectivity index (χ3v) is 8.65. The molecule has 1 aliphatic heterocycles. The quantitative estimate of drug-likeness (QED) is 0.268. The third-order valence-electron chi connectivity index (χ3n) is 6.01. The second-order valence-electron chi connectivity index (χ2n) is 8.60. The van der Waals surface area contributed by atoms with Crippen LogP contribution in [-0.4, -0.2) is 33.7 Å². The van der Waals surface area contributed by atoms with E-state index in [1.165, 1.54) is 4.88 Å². The van der Waals surface area contributed by atoms with Crippen LogP contribution in [0.4, 0.5) is 5.69 Å². The molecular weight excluding hydrogens is 562 g/mol. The number of hydrogen-bond acceptors (Lipinski definition) is 7. The van der Waals surface area contributed by atoms with Crippen molar-refractivity contribution < 1.29 is 19.1 Å². The van der Waals surface area contributed by atoms with E-state index in [9.17, 15) is 14.4 Å². The lowest BCUT2D eigenvalue weighted by Gasteiger charge is -2.17. The van der Waals surface area contributed by atoms with Gasteiger partial charge in [-0.2, -0.15) is 5.01 Å². The molecule has 11 heteroatoms. The van der Waals surface area contributed by atoms with Gasteiger partial charge < -0.3 is 10.1 Å². The third kappa shape index (κ3) is 5.94. The van der Waals surface area contributed by atoms with Crippen LogP contribution in [0, 0.1) is 0 Å². The zero-order valence-electron chi connectivity index (χ0n) is 20.0. The van der Waals surface area contributed by atoms with Crippen LogP contribution >= 0.6 is 46.9 Å². The van der Waals surface area contributed by atoms with Gasteiger partial charge in [-0.05, 0) is 79.9 Å². The predicted octanol–water partition coefficient (Wildman–Crippen LogP) is 5.84. The fraction of sp³-hybridized carbons (Fsp3) is 0.185. The van der Waals surface area contributed by atoms with E-state index in [0.717, 1.165) is 48.0 Å². The minimum Gasteiger partial charge on any atom is -0.483 e. The Hall–Kier alpha value is -3.18. The van der Waals surface area contributed by atoms with Gasteiger partial charge in [-0.15, -0.1) is 11.3 Å². The lowest BCUT2D eigenvalue weighted by atomic mass is 9.96. The van der Waals surface area contributed by atoms with Crippen LogP contribution in [0.3, 0.4) is 0 Å². The summed E-state index contributed by atoms with van der Waals surface area (Å²) in [5.41, 5.74) is 5.57. The van der Waals surface area contributed by atoms with Gasteiger partial charge >= 0.3 is 0 Å². The Morgan fingerprint density at radius 2 is 1.87 bits per heavy atom. The second kappa shape index (κ2) is 11.7. The summed E-state index contributed by atoms with van der Waals surface area (Å²) in [6.45, 7) is -0.227. The predicted molar refractivity (Wildman–Crippen MR) is 155 cm³/mol. The fourth-order valence-electron chi connectivity index (χ4n) is 4.16. The van der Waals surface area contributed by atoms with Crippen molar-refractivity contribution >= 4 is 80.7 Å². The van der Waals surface area contributed by atoms with Gasteiger partial charge in [0.25, 0.3) is 17.7 Å². The molecule has 0 radical (unpaired) electrons. The highest BCUT2D eigenvalue weighted by molar-refractivity contribution is 8.26. The first-order chi connectivity index (χ1) is 18.4. The molecule has 1 aromatic heterocycles. The number of anilines is 1. The van der Waals surface area contributed by atoms with Gasteiger partial charge in [-0.3, -0.25) is 19.8 Å². The summed E-state index contributed by atoms with van der Waals surface area (Å²) in [5, 5.41) is 6.28. The van der Waals surface area contributed by atoms with Crippen molar-refractivity contribution in [2.24, 2.45) is 0 Å².